The quantitative estimate of drug-likeness (QED) is 0.692. The van der Waals surface area contributed by atoms with Gasteiger partial charge in [0.25, 0.3) is 0 Å². The third-order valence-electron chi connectivity index (χ3n) is 2.66. The van der Waals surface area contributed by atoms with E-state index in [9.17, 15) is 13.9 Å². The van der Waals surface area contributed by atoms with E-state index >= 15 is 0 Å². The van der Waals surface area contributed by atoms with E-state index in [1.165, 1.54) is 6.07 Å². The zero-order chi connectivity index (χ0) is 12.7. The van der Waals surface area contributed by atoms with Crippen LogP contribution >= 0.6 is 0 Å². The molecular formula is C13H8F2N2O. The summed E-state index contributed by atoms with van der Waals surface area (Å²) in [6.07, 6.45) is 0. The number of halogens is 2. The Morgan fingerprint density at radius 1 is 1.11 bits per heavy atom. The average molecular weight is 246 g/mol. The Morgan fingerprint density at radius 2 is 1.89 bits per heavy atom. The van der Waals surface area contributed by atoms with Crippen molar-refractivity contribution in [1.82, 2.24) is 9.97 Å². The second kappa shape index (κ2) is 3.80. The summed E-state index contributed by atoms with van der Waals surface area (Å²) < 4.78 is 26.5. The lowest BCUT2D eigenvalue weighted by Gasteiger charge is -1.98. The molecule has 0 amide bonds. The van der Waals surface area contributed by atoms with Gasteiger partial charge in [0.2, 0.25) is 0 Å². The maximum atomic E-state index is 13.5. The molecule has 3 rings (SSSR count). The molecule has 0 saturated carbocycles. The second-order valence-electron chi connectivity index (χ2n) is 3.89. The van der Waals surface area contributed by atoms with Crippen molar-refractivity contribution < 1.29 is 13.9 Å². The van der Waals surface area contributed by atoms with Gasteiger partial charge >= 0.3 is 0 Å². The number of rotatable bonds is 1. The molecule has 18 heavy (non-hydrogen) atoms. The molecule has 2 aromatic carbocycles. The fourth-order valence-corrected chi connectivity index (χ4v) is 1.84. The number of hydrogen-bond acceptors (Lipinski definition) is 2. The Balaban J connectivity index is 2.26. The van der Waals surface area contributed by atoms with Gasteiger partial charge in [-0.3, -0.25) is 0 Å². The van der Waals surface area contributed by atoms with Crippen LogP contribution in [0.1, 0.15) is 0 Å². The van der Waals surface area contributed by atoms with E-state index in [-0.39, 0.29) is 16.8 Å². The van der Waals surface area contributed by atoms with Crippen molar-refractivity contribution in [3.8, 4) is 17.1 Å². The maximum absolute atomic E-state index is 13.5. The minimum absolute atomic E-state index is 0.0254. The minimum atomic E-state index is -0.733. The molecule has 3 aromatic rings. The molecule has 0 fully saturated rings. The monoisotopic (exact) mass is 246 g/mol. The third kappa shape index (κ3) is 1.60. The number of benzene rings is 2. The number of phenolic OH excluding ortho intramolecular Hbond substituents is 1. The standard InChI is InChI=1S/C13H8F2N2O/c14-7-5-9(15)12-10(6-7)16-13(17-12)8-3-1-2-4-11(8)18/h1-6,18H,(H,16,17). The van der Waals surface area contributed by atoms with Crippen LogP contribution in [0.2, 0.25) is 0 Å². The number of aromatic hydroxyl groups is 1. The molecule has 1 aromatic heterocycles. The highest BCUT2D eigenvalue weighted by molar-refractivity contribution is 5.81. The fraction of sp³-hybridized carbons (Fsp3) is 0. The summed E-state index contributed by atoms with van der Waals surface area (Å²) in [4.78, 5) is 6.81. The van der Waals surface area contributed by atoms with Gasteiger partial charge in [-0.25, -0.2) is 13.8 Å². The molecule has 0 saturated heterocycles. The average Bonchev–Trinajstić information content (AvgIpc) is 2.73. The summed E-state index contributed by atoms with van der Waals surface area (Å²) in [5.74, 6) is -1.08. The van der Waals surface area contributed by atoms with Crippen molar-refractivity contribution in [3.63, 3.8) is 0 Å². The van der Waals surface area contributed by atoms with Crippen LogP contribution in [0.5, 0.6) is 5.75 Å². The molecule has 2 N–H and O–H groups in total. The van der Waals surface area contributed by atoms with Crippen LogP contribution in [-0.2, 0) is 0 Å². The van der Waals surface area contributed by atoms with E-state index in [1.807, 2.05) is 0 Å². The molecule has 1 heterocycles. The lowest BCUT2D eigenvalue weighted by atomic mass is 10.2. The van der Waals surface area contributed by atoms with Crippen molar-refractivity contribution in [2.24, 2.45) is 0 Å². The smallest absolute Gasteiger partial charge is 0.153 e. The molecule has 0 aliphatic carbocycles. The molecule has 0 radical (unpaired) electrons. The van der Waals surface area contributed by atoms with Crippen LogP contribution in [-0.4, -0.2) is 15.1 Å². The lowest BCUT2D eigenvalue weighted by Crippen LogP contribution is -1.81. The maximum Gasteiger partial charge on any atom is 0.153 e. The Bertz CT molecular complexity index is 737. The van der Waals surface area contributed by atoms with Gasteiger partial charge in [-0.2, -0.15) is 0 Å². The number of imidazole rings is 1. The topological polar surface area (TPSA) is 48.9 Å². The van der Waals surface area contributed by atoms with Crippen LogP contribution in [0.15, 0.2) is 36.4 Å². The van der Waals surface area contributed by atoms with Gasteiger partial charge in [0.1, 0.15) is 22.9 Å². The number of nitrogens with one attached hydrogen (secondary N) is 1. The van der Waals surface area contributed by atoms with E-state index in [1.54, 1.807) is 18.2 Å². The van der Waals surface area contributed by atoms with Gasteiger partial charge in [0.15, 0.2) is 5.82 Å². The second-order valence-corrected chi connectivity index (χ2v) is 3.89. The number of phenols is 1. The molecule has 90 valence electrons. The molecule has 5 heteroatoms. The highest BCUT2D eigenvalue weighted by Crippen LogP contribution is 2.29. The summed E-state index contributed by atoms with van der Waals surface area (Å²) in [5, 5.41) is 9.69. The van der Waals surface area contributed by atoms with Crippen LogP contribution in [0.4, 0.5) is 8.78 Å². The highest BCUT2D eigenvalue weighted by Gasteiger charge is 2.12. The summed E-state index contributed by atoms with van der Waals surface area (Å²) in [5.41, 5.74) is 0.744. The van der Waals surface area contributed by atoms with E-state index in [0.717, 1.165) is 12.1 Å². The summed E-state index contributed by atoms with van der Waals surface area (Å²) in [6, 6.07) is 8.47. The number of nitrogens with zero attached hydrogens (tertiary/aromatic N) is 1. The van der Waals surface area contributed by atoms with Gasteiger partial charge in [-0.15, -0.1) is 0 Å². The van der Waals surface area contributed by atoms with Crippen molar-refractivity contribution in [2.45, 2.75) is 0 Å². The summed E-state index contributed by atoms with van der Waals surface area (Å²) >= 11 is 0. The Hall–Kier alpha value is -2.43. The molecule has 0 atom stereocenters. The van der Waals surface area contributed by atoms with Gasteiger partial charge in [-0.1, -0.05) is 12.1 Å². The number of aromatic nitrogens is 2. The molecule has 0 unspecified atom stereocenters. The van der Waals surface area contributed by atoms with Crippen LogP contribution in [0.25, 0.3) is 22.4 Å². The largest absolute Gasteiger partial charge is 0.507 e. The normalized spacial score (nSPS) is 11.0. The van der Waals surface area contributed by atoms with E-state index < -0.39 is 11.6 Å². The van der Waals surface area contributed by atoms with Crippen molar-refractivity contribution in [3.05, 3.63) is 48.0 Å². The zero-order valence-electron chi connectivity index (χ0n) is 9.11. The van der Waals surface area contributed by atoms with Crippen molar-refractivity contribution >= 4 is 11.0 Å². The number of H-pyrrole nitrogens is 1. The molecular weight excluding hydrogens is 238 g/mol. The molecule has 0 spiro atoms. The van der Waals surface area contributed by atoms with Crippen LogP contribution < -0.4 is 0 Å². The van der Waals surface area contributed by atoms with Gasteiger partial charge in [0, 0.05) is 6.07 Å². The third-order valence-corrected chi connectivity index (χ3v) is 2.66. The Labute approximate surface area is 101 Å². The predicted molar refractivity (Wildman–Crippen MR) is 63.1 cm³/mol. The first-order valence-corrected chi connectivity index (χ1v) is 5.28. The Morgan fingerprint density at radius 3 is 2.67 bits per heavy atom. The molecule has 0 bridgehead atoms. The number of aromatic amines is 1. The minimum Gasteiger partial charge on any atom is -0.507 e. The van der Waals surface area contributed by atoms with Crippen LogP contribution in [0.3, 0.4) is 0 Å². The zero-order valence-corrected chi connectivity index (χ0v) is 9.11. The number of fused-ring (bicyclic) bond motifs is 1. The van der Waals surface area contributed by atoms with Crippen molar-refractivity contribution in [2.75, 3.05) is 0 Å². The first-order chi connectivity index (χ1) is 8.65. The summed E-state index contributed by atoms with van der Waals surface area (Å²) in [6.45, 7) is 0. The van der Waals surface area contributed by atoms with E-state index in [4.69, 9.17) is 0 Å². The highest BCUT2D eigenvalue weighted by atomic mass is 19.1. The van der Waals surface area contributed by atoms with E-state index in [2.05, 4.69) is 9.97 Å². The number of para-hydroxylation sites is 1. The van der Waals surface area contributed by atoms with Crippen molar-refractivity contribution in [1.29, 1.82) is 0 Å². The predicted octanol–water partition coefficient (Wildman–Crippen LogP) is 3.21. The Kier molecular flexibility index (Phi) is 2.26. The number of hydrogen-bond donors (Lipinski definition) is 2. The molecule has 0 aliphatic rings. The van der Waals surface area contributed by atoms with Crippen LogP contribution in [0, 0.1) is 11.6 Å². The van der Waals surface area contributed by atoms with Gasteiger partial charge in [-0.05, 0) is 18.2 Å². The summed E-state index contributed by atoms with van der Waals surface area (Å²) in [7, 11) is 0. The van der Waals surface area contributed by atoms with E-state index in [0.29, 0.717) is 11.4 Å². The first-order valence-electron chi connectivity index (χ1n) is 5.28. The molecule has 3 nitrogen and oxygen atoms in total. The lowest BCUT2D eigenvalue weighted by molar-refractivity contribution is 0.477. The molecule has 0 aliphatic heterocycles. The first kappa shape index (κ1) is 10.7. The van der Waals surface area contributed by atoms with Gasteiger partial charge < -0.3 is 10.1 Å². The van der Waals surface area contributed by atoms with Gasteiger partial charge in [0.05, 0.1) is 11.1 Å². The fourth-order valence-electron chi connectivity index (χ4n) is 1.84. The SMILES string of the molecule is Oc1ccccc1-c1nc2c(F)cc(F)cc2[nH]1.